The number of rotatable bonds is 3. The topological polar surface area (TPSA) is 17.1 Å². The molecule has 0 saturated carbocycles. The molecule has 0 radical (unpaired) electrons. The molecule has 0 N–H and O–H groups in total. The fourth-order valence-corrected chi connectivity index (χ4v) is 2.14. The minimum Gasteiger partial charge on any atom is -0.294 e. The van der Waals surface area contributed by atoms with Crippen LogP contribution in [0.3, 0.4) is 0 Å². The van der Waals surface area contributed by atoms with Gasteiger partial charge in [0.1, 0.15) is 5.82 Å². The minimum atomic E-state index is -0.444. The first-order valence-electron chi connectivity index (χ1n) is 5.29. The fraction of sp³-hybridized carbons (Fsp3) is 0.0714. The first-order valence-corrected chi connectivity index (χ1v) is 6.46. The zero-order valence-electron chi connectivity index (χ0n) is 9.29. The van der Waals surface area contributed by atoms with Gasteiger partial charge in [0, 0.05) is 16.5 Å². The lowest BCUT2D eigenvalue weighted by Gasteiger charge is -2.04. The molecule has 0 unspecified atom stereocenters. The van der Waals surface area contributed by atoms with Gasteiger partial charge in [-0.3, -0.25) is 4.79 Å². The summed E-state index contributed by atoms with van der Waals surface area (Å²) in [5, 5.41) is 0.150. The maximum atomic E-state index is 12.9. The molecule has 2 rings (SSSR count). The average Bonchev–Trinajstić information content (AvgIpc) is 2.32. The van der Waals surface area contributed by atoms with Gasteiger partial charge in [0.2, 0.25) is 0 Å². The van der Waals surface area contributed by atoms with Gasteiger partial charge in [0.25, 0.3) is 0 Å². The molecule has 4 heteroatoms. The predicted molar refractivity (Wildman–Crippen MR) is 73.6 cm³/mol. The van der Waals surface area contributed by atoms with Crippen LogP contribution in [0, 0.1) is 5.82 Å². The molecule has 0 aromatic heterocycles. The highest BCUT2D eigenvalue weighted by molar-refractivity contribution is 9.10. The summed E-state index contributed by atoms with van der Waals surface area (Å²) in [5.74, 6) is -0.567. The van der Waals surface area contributed by atoms with Gasteiger partial charge in [-0.15, -0.1) is 0 Å². The van der Waals surface area contributed by atoms with Crippen molar-refractivity contribution >= 4 is 33.3 Å². The number of ketones is 1. The molecule has 0 bridgehead atoms. The second-order valence-corrected chi connectivity index (χ2v) is 5.17. The Hall–Kier alpha value is -1.19. The van der Waals surface area contributed by atoms with Gasteiger partial charge in [-0.2, -0.15) is 0 Å². The van der Waals surface area contributed by atoms with Crippen molar-refractivity contribution in [3.05, 3.63) is 68.9 Å². The van der Waals surface area contributed by atoms with E-state index in [0.717, 1.165) is 16.1 Å². The van der Waals surface area contributed by atoms with Gasteiger partial charge in [0.05, 0.1) is 5.02 Å². The molecule has 0 aliphatic heterocycles. The number of hydrogen-bond donors (Lipinski definition) is 0. The van der Waals surface area contributed by atoms with Gasteiger partial charge in [-0.05, 0) is 35.9 Å². The molecule has 0 amide bonds. The molecule has 0 spiro atoms. The SMILES string of the molecule is O=C(Cc1ccc(Br)cc1)c1ccc(F)cc1Cl. The minimum absolute atomic E-state index is 0.123. The summed E-state index contributed by atoms with van der Waals surface area (Å²) in [6.07, 6.45) is 0.249. The Morgan fingerprint density at radius 1 is 1.17 bits per heavy atom. The molecule has 1 nitrogen and oxygen atoms in total. The summed E-state index contributed by atoms with van der Waals surface area (Å²) >= 11 is 9.18. The van der Waals surface area contributed by atoms with Crippen LogP contribution in [0.25, 0.3) is 0 Å². The molecule has 2 aromatic carbocycles. The monoisotopic (exact) mass is 326 g/mol. The molecular weight excluding hydrogens is 319 g/mol. The second kappa shape index (κ2) is 5.63. The molecule has 0 heterocycles. The lowest BCUT2D eigenvalue weighted by atomic mass is 10.0. The van der Waals surface area contributed by atoms with Crippen LogP contribution in [0.15, 0.2) is 46.9 Å². The van der Waals surface area contributed by atoms with Crippen LogP contribution < -0.4 is 0 Å². The number of carbonyl (C=O) groups is 1. The van der Waals surface area contributed by atoms with Crippen molar-refractivity contribution in [2.75, 3.05) is 0 Å². The maximum absolute atomic E-state index is 12.9. The zero-order chi connectivity index (χ0) is 13.1. The summed E-state index contributed by atoms with van der Waals surface area (Å²) in [5.41, 5.74) is 1.24. The lowest BCUT2D eigenvalue weighted by molar-refractivity contribution is 0.0993. The molecule has 0 saturated heterocycles. The van der Waals surface area contributed by atoms with Crippen molar-refractivity contribution in [2.45, 2.75) is 6.42 Å². The van der Waals surface area contributed by atoms with Gasteiger partial charge >= 0.3 is 0 Å². The Kier molecular flexibility index (Phi) is 4.15. The van der Waals surface area contributed by atoms with Crippen molar-refractivity contribution in [1.82, 2.24) is 0 Å². The van der Waals surface area contributed by atoms with E-state index in [0.29, 0.717) is 5.56 Å². The number of benzene rings is 2. The Labute approximate surface area is 118 Å². The summed E-state index contributed by atoms with van der Waals surface area (Å²) in [4.78, 5) is 12.0. The molecule has 0 fully saturated rings. The van der Waals surface area contributed by atoms with Crippen molar-refractivity contribution in [3.63, 3.8) is 0 Å². The van der Waals surface area contributed by atoms with E-state index in [1.165, 1.54) is 12.1 Å². The molecule has 0 atom stereocenters. The third-order valence-corrected chi connectivity index (χ3v) is 3.35. The van der Waals surface area contributed by atoms with E-state index in [1.807, 2.05) is 24.3 Å². The molecule has 92 valence electrons. The predicted octanol–water partition coefficient (Wildman–Crippen LogP) is 4.67. The van der Waals surface area contributed by atoms with E-state index in [4.69, 9.17) is 11.6 Å². The summed E-state index contributed by atoms with van der Waals surface area (Å²) < 4.78 is 13.8. The largest absolute Gasteiger partial charge is 0.294 e. The Morgan fingerprint density at radius 2 is 1.83 bits per heavy atom. The van der Waals surface area contributed by atoms with Crippen LogP contribution in [0.5, 0.6) is 0 Å². The highest BCUT2D eigenvalue weighted by Gasteiger charge is 2.11. The van der Waals surface area contributed by atoms with Gasteiger partial charge in [-0.1, -0.05) is 39.7 Å². The Bertz CT molecular complexity index is 581. The molecule has 2 aromatic rings. The normalized spacial score (nSPS) is 10.4. The second-order valence-electron chi connectivity index (χ2n) is 3.85. The number of carbonyl (C=O) groups excluding carboxylic acids is 1. The summed E-state index contributed by atoms with van der Waals surface area (Å²) in [6.45, 7) is 0. The van der Waals surface area contributed by atoms with Crippen LogP contribution in [0.1, 0.15) is 15.9 Å². The first kappa shape index (κ1) is 13.2. The smallest absolute Gasteiger partial charge is 0.168 e. The van der Waals surface area contributed by atoms with Gasteiger partial charge in [-0.25, -0.2) is 4.39 Å². The quantitative estimate of drug-likeness (QED) is 0.749. The Balaban J connectivity index is 2.19. The van der Waals surface area contributed by atoms with E-state index >= 15 is 0 Å². The molecule has 18 heavy (non-hydrogen) atoms. The van der Waals surface area contributed by atoms with Crippen LogP contribution in [-0.4, -0.2) is 5.78 Å². The van der Waals surface area contributed by atoms with Crippen molar-refractivity contribution in [3.8, 4) is 0 Å². The highest BCUT2D eigenvalue weighted by atomic mass is 79.9. The van der Waals surface area contributed by atoms with E-state index in [-0.39, 0.29) is 17.2 Å². The van der Waals surface area contributed by atoms with E-state index in [9.17, 15) is 9.18 Å². The summed E-state index contributed by atoms with van der Waals surface area (Å²) in [7, 11) is 0. The maximum Gasteiger partial charge on any atom is 0.168 e. The van der Waals surface area contributed by atoms with Crippen molar-refractivity contribution < 1.29 is 9.18 Å². The first-order chi connectivity index (χ1) is 8.56. The summed E-state index contributed by atoms with van der Waals surface area (Å²) in [6, 6.07) is 11.3. The van der Waals surface area contributed by atoms with Gasteiger partial charge < -0.3 is 0 Å². The van der Waals surface area contributed by atoms with Crippen molar-refractivity contribution in [1.29, 1.82) is 0 Å². The molecule has 0 aliphatic rings. The molecule has 0 aliphatic carbocycles. The fourth-order valence-electron chi connectivity index (χ4n) is 1.60. The van der Waals surface area contributed by atoms with E-state index in [2.05, 4.69) is 15.9 Å². The number of halogens is 3. The van der Waals surface area contributed by atoms with Crippen LogP contribution >= 0.6 is 27.5 Å². The van der Waals surface area contributed by atoms with Gasteiger partial charge in [0.15, 0.2) is 5.78 Å². The molecular formula is C14H9BrClFO. The van der Waals surface area contributed by atoms with Crippen LogP contribution in [0.2, 0.25) is 5.02 Å². The Morgan fingerprint density at radius 3 is 2.44 bits per heavy atom. The third kappa shape index (κ3) is 3.18. The van der Waals surface area contributed by atoms with E-state index in [1.54, 1.807) is 0 Å². The lowest BCUT2D eigenvalue weighted by Crippen LogP contribution is -2.04. The van der Waals surface area contributed by atoms with E-state index < -0.39 is 5.82 Å². The van der Waals surface area contributed by atoms with Crippen LogP contribution in [-0.2, 0) is 6.42 Å². The number of hydrogen-bond acceptors (Lipinski definition) is 1. The third-order valence-electron chi connectivity index (χ3n) is 2.51. The number of Topliss-reactive ketones (excluding diaryl/α,β-unsaturated/α-hetero) is 1. The zero-order valence-corrected chi connectivity index (χ0v) is 11.6. The highest BCUT2D eigenvalue weighted by Crippen LogP contribution is 2.20. The average molecular weight is 328 g/mol. The standard InChI is InChI=1S/C14H9BrClFO/c15-10-3-1-9(2-4-10)7-14(18)12-6-5-11(17)8-13(12)16/h1-6,8H,7H2. The van der Waals surface area contributed by atoms with Crippen molar-refractivity contribution in [2.24, 2.45) is 0 Å². The van der Waals surface area contributed by atoms with Crippen LogP contribution in [0.4, 0.5) is 4.39 Å².